The van der Waals surface area contributed by atoms with E-state index < -0.39 is 0 Å². The van der Waals surface area contributed by atoms with Crippen LogP contribution < -0.4 is 16.2 Å². The van der Waals surface area contributed by atoms with Crippen molar-refractivity contribution in [2.75, 3.05) is 18.0 Å². The first-order valence-electron chi connectivity index (χ1n) is 7.29. The van der Waals surface area contributed by atoms with Crippen molar-refractivity contribution in [3.8, 4) is 0 Å². The fourth-order valence-electron chi connectivity index (χ4n) is 2.13. The van der Waals surface area contributed by atoms with Crippen LogP contribution in [0, 0.1) is 11.3 Å². The first-order chi connectivity index (χ1) is 9.62. The zero-order valence-electron chi connectivity index (χ0n) is 13.7. The number of nitrogens with zero attached hydrogens (tertiary/aromatic N) is 3. The SMILES string of the molecule is CC(C)CN(CCC(=N)N)c1nccn(C(C)(C)C)c1=O. The Morgan fingerprint density at radius 3 is 2.57 bits per heavy atom. The standard InChI is InChI=1S/C15H27N5O/c1-11(2)10-19(8-6-12(16)17)13-14(21)20(9-7-18-13)15(3,4)5/h7,9,11H,6,8,10H2,1-5H3,(H3,16,17). The molecular formula is C15H27N5O. The predicted molar refractivity (Wildman–Crippen MR) is 87.1 cm³/mol. The average Bonchev–Trinajstić information content (AvgIpc) is 2.33. The summed E-state index contributed by atoms with van der Waals surface area (Å²) in [5.41, 5.74) is 5.04. The molecule has 0 aromatic carbocycles. The fourth-order valence-corrected chi connectivity index (χ4v) is 2.13. The van der Waals surface area contributed by atoms with E-state index in [1.807, 2.05) is 25.7 Å². The summed E-state index contributed by atoms with van der Waals surface area (Å²) < 4.78 is 1.69. The Labute approximate surface area is 126 Å². The van der Waals surface area contributed by atoms with Crippen LogP contribution in [0.1, 0.15) is 41.0 Å². The molecule has 118 valence electrons. The van der Waals surface area contributed by atoms with Crippen LogP contribution in [0.15, 0.2) is 17.2 Å². The smallest absolute Gasteiger partial charge is 0.293 e. The van der Waals surface area contributed by atoms with E-state index in [1.54, 1.807) is 17.0 Å². The third-order valence-electron chi connectivity index (χ3n) is 3.08. The van der Waals surface area contributed by atoms with Crippen molar-refractivity contribution in [2.24, 2.45) is 11.7 Å². The van der Waals surface area contributed by atoms with Crippen LogP contribution in [0.3, 0.4) is 0 Å². The highest BCUT2D eigenvalue weighted by Crippen LogP contribution is 2.13. The van der Waals surface area contributed by atoms with Crippen LogP contribution in [0.4, 0.5) is 5.82 Å². The first-order valence-corrected chi connectivity index (χ1v) is 7.29. The molecule has 1 aromatic rings. The fraction of sp³-hybridized carbons (Fsp3) is 0.667. The Morgan fingerprint density at radius 1 is 1.48 bits per heavy atom. The summed E-state index contributed by atoms with van der Waals surface area (Å²) in [7, 11) is 0. The van der Waals surface area contributed by atoms with Gasteiger partial charge in [-0.25, -0.2) is 4.98 Å². The minimum absolute atomic E-state index is 0.103. The lowest BCUT2D eigenvalue weighted by Crippen LogP contribution is -2.41. The van der Waals surface area contributed by atoms with Crippen molar-refractivity contribution in [2.45, 2.75) is 46.6 Å². The maximum atomic E-state index is 12.7. The predicted octanol–water partition coefficient (Wildman–Crippen LogP) is 1.79. The van der Waals surface area contributed by atoms with Gasteiger partial charge in [-0.05, 0) is 26.7 Å². The molecule has 0 spiro atoms. The number of nitrogens with one attached hydrogen (secondary N) is 1. The van der Waals surface area contributed by atoms with Crippen LogP contribution >= 0.6 is 0 Å². The second kappa shape index (κ2) is 6.74. The lowest BCUT2D eigenvalue weighted by Gasteiger charge is -2.28. The molecule has 0 fully saturated rings. The summed E-state index contributed by atoms with van der Waals surface area (Å²) in [6.45, 7) is 11.4. The molecule has 6 heteroatoms. The van der Waals surface area contributed by atoms with Crippen molar-refractivity contribution >= 4 is 11.7 Å². The molecule has 1 rings (SSSR count). The molecule has 0 unspecified atom stereocenters. The van der Waals surface area contributed by atoms with Gasteiger partial charge in [-0.3, -0.25) is 10.2 Å². The normalized spacial score (nSPS) is 11.7. The van der Waals surface area contributed by atoms with Crippen molar-refractivity contribution in [1.82, 2.24) is 9.55 Å². The maximum Gasteiger partial charge on any atom is 0.293 e. The topological polar surface area (TPSA) is 88.0 Å². The van der Waals surface area contributed by atoms with Crippen molar-refractivity contribution in [1.29, 1.82) is 5.41 Å². The minimum Gasteiger partial charge on any atom is -0.388 e. The van der Waals surface area contributed by atoms with Crippen LogP contribution in [0.5, 0.6) is 0 Å². The van der Waals surface area contributed by atoms with Gasteiger partial charge < -0.3 is 15.2 Å². The van der Waals surface area contributed by atoms with Gasteiger partial charge in [0.25, 0.3) is 5.56 Å². The Morgan fingerprint density at radius 2 is 2.10 bits per heavy atom. The summed E-state index contributed by atoms with van der Waals surface area (Å²) in [5, 5.41) is 7.38. The summed E-state index contributed by atoms with van der Waals surface area (Å²) in [5.74, 6) is 0.944. The van der Waals surface area contributed by atoms with Gasteiger partial charge in [-0.1, -0.05) is 13.8 Å². The third-order valence-corrected chi connectivity index (χ3v) is 3.08. The van der Waals surface area contributed by atoms with Crippen molar-refractivity contribution < 1.29 is 0 Å². The second-order valence-electron chi connectivity index (χ2n) is 6.71. The Kier molecular flexibility index (Phi) is 5.52. The maximum absolute atomic E-state index is 12.7. The molecule has 0 aliphatic rings. The monoisotopic (exact) mass is 293 g/mol. The minimum atomic E-state index is -0.293. The number of aromatic nitrogens is 2. The quantitative estimate of drug-likeness (QED) is 0.618. The van der Waals surface area contributed by atoms with Gasteiger partial charge in [-0.15, -0.1) is 0 Å². The van der Waals surface area contributed by atoms with Gasteiger partial charge in [-0.2, -0.15) is 0 Å². The zero-order chi connectivity index (χ0) is 16.2. The Hall–Kier alpha value is -1.85. The Balaban J connectivity index is 3.18. The van der Waals surface area contributed by atoms with E-state index in [1.165, 1.54) is 0 Å². The molecule has 0 atom stereocenters. The molecule has 21 heavy (non-hydrogen) atoms. The summed E-state index contributed by atoms with van der Waals surface area (Å²) in [6, 6.07) is 0. The van der Waals surface area contributed by atoms with Crippen LogP contribution in [-0.4, -0.2) is 28.5 Å². The lowest BCUT2D eigenvalue weighted by atomic mass is 10.1. The van der Waals surface area contributed by atoms with Gasteiger partial charge in [0.05, 0.1) is 5.84 Å². The molecule has 0 saturated heterocycles. The molecular weight excluding hydrogens is 266 g/mol. The van der Waals surface area contributed by atoms with Crippen molar-refractivity contribution in [3.05, 3.63) is 22.7 Å². The van der Waals surface area contributed by atoms with Crippen LogP contribution in [0.25, 0.3) is 0 Å². The highest BCUT2D eigenvalue weighted by atomic mass is 16.1. The second-order valence-corrected chi connectivity index (χ2v) is 6.71. The van der Waals surface area contributed by atoms with E-state index in [-0.39, 0.29) is 16.9 Å². The number of rotatable bonds is 6. The molecule has 0 aliphatic carbocycles. The number of hydrogen-bond acceptors (Lipinski definition) is 4. The molecule has 0 saturated carbocycles. The van der Waals surface area contributed by atoms with E-state index >= 15 is 0 Å². The molecule has 1 heterocycles. The van der Waals surface area contributed by atoms with E-state index in [4.69, 9.17) is 11.1 Å². The van der Waals surface area contributed by atoms with E-state index in [2.05, 4.69) is 18.8 Å². The number of hydrogen-bond donors (Lipinski definition) is 2. The van der Waals surface area contributed by atoms with E-state index in [0.717, 1.165) is 0 Å². The van der Waals surface area contributed by atoms with Crippen molar-refractivity contribution in [3.63, 3.8) is 0 Å². The van der Waals surface area contributed by atoms with Gasteiger partial charge in [0, 0.05) is 37.4 Å². The summed E-state index contributed by atoms with van der Waals surface area (Å²) >= 11 is 0. The van der Waals surface area contributed by atoms with Gasteiger partial charge >= 0.3 is 0 Å². The highest BCUT2D eigenvalue weighted by Gasteiger charge is 2.20. The summed E-state index contributed by atoms with van der Waals surface area (Å²) in [4.78, 5) is 18.8. The van der Waals surface area contributed by atoms with Crippen LogP contribution in [-0.2, 0) is 5.54 Å². The van der Waals surface area contributed by atoms with Gasteiger partial charge in [0.2, 0.25) is 0 Å². The number of amidine groups is 1. The molecule has 0 bridgehead atoms. The van der Waals surface area contributed by atoms with Crippen LogP contribution in [0.2, 0.25) is 0 Å². The molecule has 0 aliphatic heterocycles. The zero-order valence-corrected chi connectivity index (χ0v) is 13.7. The van der Waals surface area contributed by atoms with Gasteiger partial charge in [0.15, 0.2) is 5.82 Å². The van der Waals surface area contributed by atoms with E-state index in [0.29, 0.717) is 31.2 Å². The highest BCUT2D eigenvalue weighted by molar-refractivity contribution is 5.77. The van der Waals surface area contributed by atoms with Gasteiger partial charge in [0.1, 0.15) is 0 Å². The summed E-state index contributed by atoms with van der Waals surface area (Å²) in [6.07, 6.45) is 3.80. The molecule has 0 radical (unpaired) electrons. The molecule has 1 aromatic heterocycles. The third kappa shape index (κ3) is 4.88. The lowest BCUT2D eigenvalue weighted by molar-refractivity contribution is 0.382. The average molecular weight is 293 g/mol. The largest absolute Gasteiger partial charge is 0.388 e. The Bertz CT molecular complexity index is 542. The molecule has 0 amide bonds. The first kappa shape index (κ1) is 17.2. The molecule has 6 nitrogen and oxygen atoms in total. The number of nitrogens with two attached hydrogens (primary N) is 1. The van der Waals surface area contributed by atoms with E-state index in [9.17, 15) is 4.79 Å². The number of anilines is 1. The molecule has 3 N–H and O–H groups in total.